The number of hydrogen-bond donors (Lipinski definition) is 2. The van der Waals surface area contributed by atoms with Gasteiger partial charge in [0.05, 0.1) is 11.5 Å². The molecule has 1 amide bonds. The van der Waals surface area contributed by atoms with Gasteiger partial charge in [0.1, 0.15) is 5.02 Å². The van der Waals surface area contributed by atoms with Crippen molar-refractivity contribution in [2.75, 3.05) is 6.61 Å². The van der Waals surface area contributed by atoms with Gasteiger partial charge in [-0.3, -0.25) is 14.9 Å². The van der Waals surface area contributed by atoms with Gasteiger partial charge in [-0.15, -0.1) is 0 Å². The molecule has 1 aromatic rings. The second-order valence-corrected chi connectivity index (χ2v) is 3.89. The van der Waals surface area contributed by atoms with E-state index in [1.54, 1.807) is 6.92 Å². The number of carbonyl (C=O) groups excluding carboxylic acids is 1. The molecule has 6 nitrogen and oxygen atoms in total. The van der Waals surface area contributed by atoms with E-state index >= 15 is 0 Å². The first-order valence-corrected chi connectivity index (χ1v) is 5.19. The topological polar surface area (TPSA) is 92.5 Å². The maximum atomic E-state index is 11.6. The lowest BCUT2D eigenvalue weighted by molar-refractivity contribution is -0.384. The van der Waals surface area contributed by atoms with Gasteiger partial charge < -0.3 is 10.4 Å². The highest BCUT2D eigenvalue weighted by Gasteiger charge is 2.16. The molecule has 0 fully saturated rings. The molecule has 0 aliphatic rings. The van der Waals surface area contributed by atoms with Crippen molar-refractivity contribution in [2.24, 2.45) is 0 Å². The molecule has 7 heteroatoms. The van der Waals surface area contributed by atoms with Gasteiger partial charge in [0.2, 0.25) is 0 Å². The molecule has 0 spiro atoms. The second-order valence-electron chi connectivity index (χ2n) is 3.48. The molecule has 0 saturated carbocycles. The molecule has 1 rings (SSSR count). The Hall–Kier alpha value is -1.66. The number of aliphatic hydroxyl groups is 1. The van der Waals surface area contributed by atoms with Crippen LogP contribution >= 0.6 is 11.6 Å². The number of nitro groups is 1. The fraction of sp³-hybridized carbons (Fsp3) is 0.300. The van der Waals surface area contributed by atoms with Crippen molar-refractivity contribution >= 4 is 23.2 Å². The van der Waals surface area contributed by atoms with Crippen LogP contribution < -0.4 is 5.32 Å². The van der Waals surface area contributed by atoms with Gasteiger partial charge >= 0.3 is 0 Å². The van der Waals surface area contributed by atoms with E-state index in [-0.39, 0.29) is 22.9 Å². The van der Waals surface area contributed by atoms with Crippen molar-refractivity contribution in [2.45, 2.75) is 13.0 Å². The minimum absolute atomic E-state index is 0.0262. The zero-order valence-electron chi connectivity index (χ0n) is 9.01. The number of carbonyl (C=O) groups is 1. The molecule has 0 bridgehead atoms. The lowest BCUT2D eigenvalue weighted by atomic mass is 10.2. The normalized spacial score (nSPS) is 11.9. The predicted octanol–water partition coefficient (Wildman–Crippen LogP) is 1.36. The third-order valence-electron chi connectivity index (χ3n) is 2.06. The summed E-state index contributed by atoms with van der Waals surface area (Å²) in [6.45, 7) is 1.41. The first-order valence-electron chi connectivity index (χ1n) is 4.81. The van der Waals surface area contributed by atoms with Crippen LogP contribution in [0.4, 0.5) is 5.69 Å². The largest absolute Gasteiger partial charge is 0.394 e. The van der Waals surface area contributed by atoms with Crippen LogP contribution in [0.25, 0.3) is 0 Å². The highest BCUT2D eigenvalue weighted by molar-refractivity contribution is 6.32. The zero-order valence-corrected chi connectivity index (χ0v) is 9.77. The van der Waals surface area contributed by atoms with Gasteiger partial charge in [-0.2, -0.15) is 0 Å². The maximum Gasteiger partial charge on any atom is 0.288 e. The zero-order chi connectivity index (χ0) is 13.0. The lowest BCUT2D eigenvalue weighted by Gasteiger charge is -2.10. The Bertz CT molecular complexity index is 450. The molecule has 0 aliphatic heterocycles. The Balaban J connectivity index is 2.96. The van der Waals surface area contributed by atoms with E-state index in [0.717, 1.165) is 6.07 Å². The first kappa shape index (κ1) is 13.4. The summed E-state index contributed by atoms with van der Waals surface area (Å²) < 4.78 is 0. The molecule has 0 aliphatic carbocycles. The van der Waals surface area contributed by atoms with Crippen molar-refractivity contribution < 1.29 is 14.8 Å². The van der Waals surface area contributed by atoms with Gasteiger partial charge in [0, 0.05) is 17.7 Å². The molecule has 1 atom stereocenters. The van der Waals surface area contributed by atoms with E-state index in [0.29, 0.717) is 0 Å². The fourth-order valence-electron chi connectivity index (χ4n) is 1.15. The Labute approximate surface area is 102 Å². The fourth-order valence-corrected chi connectivity index (χ4v) is 1.33. The Morgan fingerprint density at radius 3 is 2.82 bits per heavy atom. The monoisotopic (exact) mass is 258 g/mol. The average molecular weight is 259 g/mol. The highest BCUT2D eigenvalue weighted by Crippen LogP contribution is 2.24. The van der Waals surface area contributed by atoms with Gasteiger partial charge in [0.15, 0.2) is 0 Å². The molecular formula is C10H11ClN2O4. The van der Waals surface area contributed by atoms with Crippen molar-refractivity contribution in [1.82, 2.24) is 5.32 Å². The molecule has 1 unspecified atom stereocenters. The quantitative estimate of drug-likeness (QED) is 0.630. The van der Waals surface area contributed by atoms with Gasteiger partial charge in [-0.05, 0) is 19.1 Å². The van der Waals surface area contributed by atoms with E-state index < -0.39 is 16.9 Å². The van der Waals surface area contributed by atoms with E-state index in [9.17, 15) is 14.9 Å². The van der Waals surface area contributed by atoms with Crippen LogP contribution in [0.15, 0.2) is 18.2 Å². The van der Waals surface area contributed by atoms with E-state index in [4.69, 9.17) is 16.7 Å². The number of aliphatic hydroxyl groups excluding tert-OH is 1. The maximum absolute atomic E-state index is 11.6. The summed E-state index contributed by atoms with van der Waals surface area (Å²) in [6, 6.07) is 3.35. The Morgan fingerprint density at radius 1 is 1.65 bits per heavy atom. The van der Waals surface area contributed by atoms with Crippen LogP contribution in [0.2, 0.25) is 5.02 Å². The van der Waals surface area contributed by atoms with Crippen LogP contribution in [0.5, 0.6) is 0 Å². The van der Waals surface area contributed by atoms with Gasteiger partial charge in [0.25, 0.3) is 11.6 Å². The Kier molecular flexibility index (Phi) is 4.42. The number of amides is 1. The molecule has 0 heterocycles. The van der Waals surface area contributed by atoms with Crippen molar-refractivity contribution in [3.05, 3.63) is 38.9 Å². The van der Waals surface area contributed by atoms with E-state index in [1.807, 2.05) is 0 Å². The van der Waals surface area contributed by atoms with Gasteiger partial charge in [-0.1, -0.05) is 11.6 Å². The molecule has 0 aromatic heterocycles. The minimum atomic E-state index is -0.658. The molecule has 17 heavy (non-hydrogen) atoms. The van der Waals surface area contributed by atoms with Crippen LogP contribution in [-0.2, 0) is 0 Å². The lowest BCUT2D eigenvalue weighted by Crippen LogP contribution is -2.34. The summed E-state index contributed by atoms with van der Waals surface area (Å²) in [5.74, 6) is -0.494. The van der Waals surface area contributed by atoms with Crippen molar-refractivity contribution in [1.29, 1.82) is 0 Å². The first-order chi connectivity index (χ1) is 7.95. The predicted molar refractivity (Wildman–Crippen MR) is 62.1 cm³/mol. The summed E-state index contributed by atoms with van der Waals surface area (Å²) >= 11 is 5.62. The van der Waals surface area contributed by atoms with Crippen LogP contribution in [0.1, 0.15) is 17.3 Å². The summed E-state index contributed by atoms with van der Waals surface area (Å²) in [5.41, 5.74) is -0.197. The molecule has 1 aromatic carbocycles. The summed E-state index contributed by atoms with van der Waals surface area (Å²) in [7, 11) is 0. The van der Waals surface area contributed by atoms with Crippen molar-refractivity contribution in [3.8, 4) is 0 Å². The summed E-state index contributed by atoms with van der Waals surface area (Å²) in [6.07, 6.45) is 0. The molecule has 2 N–H and O–H groups in total. The number of rotatable bonds is 4. The molecule has 0 saturated heterocycles. The smallest absolute Gasteiger partial charge is 0.288 e. The number of benzene rings is 1. The van der Waals surface area contributed by atoms with Crippen molar-refractivity contribution in [3.63, 3.8) is 0 Å². The minimum Gasteiger partial charge on any atom is -0.394 e. The van der Waals surface area contributed by atoms with Crippen LogP contribution in [0, 0.1) is 10.1 Å². The highest BCUT2D eigenvalue weighted by atomic mass is 35.5. The number of halogens is 1. The van der Waals surface area contributed by atoms with Gasteiger partial charge in [-0.25, -0.2) is 0 Å². The number of hydrogen-bond acceptors (Lipinski definition) is 4. The third kappa shape index (κ3) is 3.40. The standard InChI is InChI=1S/C10H11ClN2O4/c1-6(5-14)12-10(15)7-2-3-8(11)9(4-7)13(16)17/h2-4,6,14H,5H2,1H3,(H,12,15). The van der Waals surface area contributed by atoms with Crippen LogP contribution in [0.3, 0.4) is 0 Å². The van der Waals surface area contributed by atoms with Crippen LogP contribution in [-0.4, -0.2) is 28.6 Å². The van der Waals surface area contributed by atoms with E-state index in [2.05, 4.69) is 5.32 Å². The number of nitrogens with zero attached hydrogens (tertiary/aromatic N) is 1. The SMILES string of the molecule is CC(CO)NC(=O)c1ccc(Cl)c([N+](=O)[O-])c1. The summed E-state index contributed by atoms with van der Waals surface area (Å²) in [4.78, 5) is 21.6. The number of nitro benzene ring substituents is 1. The molecule has 0 radical (unpaired) electrons. The summed E-state index contributed by atoms with van der Waals surface area (Å²) in [5, 5.41) is 21.8. The molecular weight excluding hydrogens is 248 g/mol. The van der Waals surface area contributed by atoms with E-state index in [1.165, 1.54) is 12.1 Å². The third-order valence-corrected chi connectivity index (χ3v) is 2.38. The number of nitrogens with one attached hydrogen (secondary N) is 1. The Morgan fingerprint density at radius 2 is 2.29 bits per heavy atom. The second kappa shape index (κ2) is 5.60. The average Bonchev–Trinajstić information content (AvgIpc) is 2.28. The molecule has 92 valence electrons.